The number of carbonyl (C=O) groups is 2. The van der Waals surface area contributed by atoms with Crippen LogP contribution in [-0.4, -0.2) is 74.9 Å². The molecule has 10 heteroatoms. The summed E-state index contributed by atoms with van der Waals surface area (Å²) in [6.07, 6.45) is 34.3. The molecule has 0 aliphatic heterocycles. The fourth-order valence-electron chi connectivity index (χ4n) is 6.19. The maximum Gasteiger partial charge on any atom is 0.472 e. The highest BCUT2D eigenvalue weighted by Crippen LogP contribution is 2.43. The van der Waals surface area contributed by atoms with E-state index in [1.807, 2.05) is 21.1 Å². The molecule has 0 aromatic rings. The molecule has 0 rings (SSSR count). The first-order valence-corrected chi connectivity index (χ1v) is 23.3. The minimum Gasteiger partial charge on any atom is -0.462 e. The van der Waals surface area contributed by atoms with Gasteiger partial charge in [-0.3, -0.25) is 18.6 Å². The molecule has 0 spiro atoms. The fourth-order valence-corrected chi connectivity index (χ4v) is 6.93. The van der Waals surface area contributed by atoms with E-state index in [0.29, 0.717) is 17.4 Å². The van der Waals surface area contributed by atoms with Gasteiger partial charge in [-0.25, -0.2) is 4.57 Å². The Morgan fingerprint density at radius 1 is 0.519 bits per heavy atom. The number of hydrogen-bond donors (Lipinski definition) is 1. The van der Waals surface area contributed by atoms with Gasteiger partial charge < -0.3 is 18.9 Å². The van der Waals surface area contributed by atoms with Crippen molar-refractivity contribution in [1.82, 2.24) is 0 Å². The second-order valence-electron chi connectivity index (χ2n) is 16.1. The van der Waals surface area contributed by atoms with Crippen LogP contribution in [0.15, 0.2) is 0 Å². The van der Waals surface area contributed by atoms with Crippen LogP contribution in [0, 0.1) is 0 Å². The van der Waals surface area contributed by atoms with Crippen LogP contribution in [0.2, 0.25) is 0 Å². The van der Waals surface area contributed by atoms with Crippen molar-refractivity contribution in [3.8, 4) is 0 Å². The summed E-state index contributed by atoms with van der Waals surface area (Å²) >= 11 is 0. The van der Waals surface area contributed by atoms with Gasteiger partial charge in [-0.2, -0.15) is 0 Å². The summed E-state index contributed by atoms with van der Waals surface area (Å²) in [4.78, 5) is 35.3. The van der Waals surface area contributed by atoms with E-state index in [1.165, 1.54) is 141 Å². The Bertz CT molecular complexity index is 865. The molecule has 52 heavy (non-hydrogen) atoms. The summed E-state index contributed by atoms with van der Waals surface area (Å²) < 4.78 is 34.3. The normalized spacial score (nSPS) is 13.6. The first-order valence-electron chi connectivity index (χ1n) is 21.8. The van der Waals surface area contributed by atoms with Crippen molar-refractivity contribution in [2.75, 3.05) is 47.5 Å². The van der Waals surface area contributed by atoms with Crippen LogP contribution in [0.1, 0.15) is 206 Å². The molecular formula is C42H85NO8P+. The van der Waals surface area contributed by atoms with E-state index in [9.17, 15) is 19.0 Å². The van der Waals surface area contributed by atoms with Crippen LogP contribution in [0.25, 0.3) is 0 Å². The first kappa shape index (κ1) is 51.0. The van der Waals surface area contributed by atoms with Crippen molar-refractivity contribution in [1.29, 1.82) is 0 Å². The van der Waals surface area contributed by atoms with Gasteiger partial charge in [-0.15, -0.1) is 0 Å². The van der Waals surface area contributed by atoms with Crippen LogP contribution in [-0.2, 0) is 32.7 Å². The quantitative estimate of drug-likeness (QED) is 0.0284. The molecule has 0 heterocycles. The summed E-state index contributed by atoms with van der Waals surface area (Å²) in [5, 5.41) is 0. The lowest BCUT2D eigenvalue weighted by atomic mass is 10.0. The molecule has 0 amide bonds. The topological polar surface area (TPSA) is 108 Å². The molecule has 0 aliphatic rings. The van der Waals surface area contributed by atoms with E-state index < -0.39 is 26.5 Å². The second kappa shape index (κ2) is 35.7. The molecule has 1 N–H and O–H groups in total. The smallest absolute Gasteiger partial charge is 0.462 e. The molecule has 2 unspecified atom stereocenters. The predicted molar refractivity (Wildman–Crippen MR) is 215 cm³/mol. The zero-order chi connectivity index (χ0) is 38.6. The van der Waals surface area contributed by atoms with Crippen LogP contribution in [0.4, 0.5) is 0 Å². The number of esters is 2. The number of nitrogens with zero attached hydrogens (tertiary/aromatic N) is 1. The predicted octanol–water partition coefficient (Wildman–Crippen LogP) is 12.0. The summed E-state index contributed by atoms with van der Waals surface area (Å²) in [6, 6.07) is 0. The first-order chi connectivity index (χ1) is 25.0. The Balaban J connectivity index is 4.30. The third kappa shape index (κ3) is 38.7. The highest BCUT2D eigenvalue weighted by molar-refractivity contribution is 7.47. The summed E-state index contributed by atoms with van der Waals surface area (Å²) in [5.74, 6) is -0.785. The van der Waals surface area contributed by atoms with E-state index >= 15 is 0 Å². The number of quaternary nitrogens is 1. The van der Waals surface area contributed by atoms with Crippen molar-refractivity contribution < 1.29 is 42.1 Å². The second-order valence-corrected chi connectivity index (χ2v) is 17.6. The van der Waals surface area contributed by atoms with Gasteiger partial charge in [0.1, 0.15) is 19.8 Å². The van der Waals surface area contributed by atoms with E-state index in [-0.39, 0.29) is 25.6 Å². The van der Waals surface area contributed by atoms with Gasteiger partial charge in [0.05, 0.1) is 27.7 Å². The number of unbranched alkanes of at least 4 members (excludes halogenated alkanes) is 26. The van der Waals surface area contributed by atoms with Crippen molar-refractivity contribution in [2.24, 2.45) is 0 Å². The molecule has 310 valence electrons. The Hall–Kier alpha value is -0.990. The average molecular weight is 763 g/mol. The van der Waals surface area contributed by atoms with Crippen LogP contribution in [0.3, 0.4) is 0 Å². The number of carbonyl (C=O) groups excluding carboxylic acids is 2. The molecule has 0 saturated carbocycles. The number of likely N-dealkylation sites (N-methyl/N-ethyl adjacent to an activating group) is 1. The van der Waals surface area contributed by atoms with Crippen molar-refractivity contribution in [2.45, 2.75) is 213 Å². The number of phosphoric acid groups is 1. The highest BCUT2D eigenvalue weighted by atomic mass is 31.2. The minimum absolute atomic E-state index is 0.0367. The Kier molecular flexibility index (Phi) is 35.0. The molecular weight excluding hydrogens is 677 g/mol. The van der Waals surface area contributed by atoms with Gasteiger partial charge in [0, 0.05) is 12.8 Å². The molecule has 0 saturated heterocycles. The maximum atomic E-state index is 12.6. The van der Waals surface area contributed by atoms with Gasteiger partial charge in [0.25, 0.3) is 0 Å². The Labute approximate surface area is 321 Å². The molecule has 2 atom stereocenters. The van der Waals surface area contributed by atoms with Gasteiger partial charge in [0.15, 0.2) is 6.10 Å². The van der Waals surface area contributed by atoms with Crippen LogP contribution < -0.4 is 0 Å². The number of hydrogen-bond acceptors (Lipinski definition) is 7. The SMILES string of the molecule is CCCCCCCCCCCCCCCCCCC(=O)OCC(COP(=O)(O)OCC[N+](C)(C)C)OC(=O)CCCCCCCCCCCCCC. The van der Waals surface area contributed by atoms with Crippen molar-refractivity contribution >= 4 is 19.8 Å². The van der Waals surface area contributed by atoms with Crippen molar-refractivity contribution in [3.63, 3.8) is 0 Å². The Morgan fingerprint density at radius 2 is 0.865 bits per heavy atom. The van der Waals surface area contributed by atoms with Gasteiger partial charge in [-0.1, -0.05) is 181 Å². The minimum atomic E-state index is -4.36. The molecule has 0 fully saturated rings. The number of rotatable bonds is 40. The summed E-state index contributed by atoms with van der Waals surface area (Å²) in [5.41, 5.74) is 0. The molecule has 0 bridgehead atoms. The lowest BCUT2D eigenvalue weighted by Gasteiger charge is -2.24. The van der Waals surface area contributed by atoms with E-state index in [4.69, 9.17) is 18.5 Å². The van der Waals surface area contributed by atoms with Crippen LogP contribution >= 0.6 is 7.82 Å². The largest absolute Gasteiger partial charge is 0.472 e. The molecule has 0 aromatic heterocycles. The molecule has 9 nitrogen and oxygen atoms in total. The zero-order valence-electron chi connectivity index (χ0n) is 34.8. The van der Waals surface area contributed by atoms with Gasteiger partial charge >= 0.3 is 19.8 Å². The average Bonchev–Trinajstić information content (AvgIpc) is 3.09. The summed E-state index contributed by atoms with van der Waals surface area (Å²) in [7, 11) is 1.49. The molecule has 0 radical (unpaired) electrons. The van der Waals surface area contributed by atoms with Gasteiger partial charge in [-0.05, 0) is 12.8 Å². The fraction of sp³-hybridized carbons (Fsp3) is 0.952. The lowest BCUT2D eigenvalue weighted by Crippen LogP contribution is -2.37. The standard InChI is InChI=1S/C42H84NO8P/c1-6-8-10-12-14-16-18-20-21-22-23-25-26-28-30-32-34-41(44)48-38-40(39-50-52(46,47)49-37-36-43(3,4)5)51-42(45)35-33-31-29-27-24-19-17-15-13-11-9-7-2/h40H,6-39H2,1-5H3/p+1. The number of phosphoric ester groups is 1. The Morgan fingerprint density at radius 3 is 1.23 bits per heavy atom. The number of ether oxygens (including phenoxy) is 2. The third-order valence-electron chi connectivity index (χ3n) is 9.64. The molecule has 0 aromatic carbocycles. The molecule has 0 aliphatic carbocycles. The lowest BCUT2D eigenvalue weighted by molar-refractivity contribution is -0.870. The van der Waals surface area contributed by atoms with E-state index in [2.05, 4.69) is 13.8 Å². The third-order valence-corrected chi connectivity index (χ3v) is 10.6. The monoisotopic (exact) mass is 763 g/mol. The van der Waals surface area contributed by atoms with Crippen LogP contribution in [0.5, 0.6) is 0 Å². The van der Waals surface area contributed by atoms with Crippen molar-refractivity contribution in [3.05, 3.63) is 0 Å². The highest BCUT2D eigenvalue weighted by Gasteiger charge is 2.27. The zero-order valence-corrected chi connectivity index (χ0v) is 35.7. The maximum absolute atomic E-state index is 12.6. The van der Waals surface area contributed by atoms with E-state index in [1.54, 1.807) is 0 Å². The summed E-state index contributed by atoms with van der Waals surface area (Å²) in [6.45, 7) is 4.45. The van der Waals surface area contributed by atoms with E-state index in [0.717, 1.165) is 38.5 Å². The van der Waals surface area contributed by atoms with Gasteiger partial charge in [0.2, 0.25) is 0 Å².